The second-order valence-electron chi connectivity index (χ2n) is 3.07. The van der Waals surface area contributed by atoms with Crippen LogP contribution in [-0.4, -0.2) is 22.7 Å². The molecule has 2 bridgehead atoms. The fraction of sp³-hybridized carbons (Fsp3) is 0.571. The number of carbonyl (C=O) groups is 1. The van der Waals surface area contributed by atoms with Gasteiger partial charge in [-0.2, -0.15) is 0 Å². The second kappa shape index (κ2) is 1.61. The molecule has 1 fully saturated rings. The molecule has 2 atom stereocenters. The van der Waals surface area contributed by atoms with Gasteiger partial charge in [0.1, 0.15) is 6.04 Å². The van der Waals surface area contributed by atoms with E-state index in [2.05, 4.69) is 0 Å². The summed E-state index contributed by atoms with van der Waals surface area (Å²) >= 11 is 0. The van der Waals surface area contributed by atoms with Crippen molar-refractivity contribution < 1.29 is 15.2 Å². The van der Waals surface area contributed by atoms with Crippen LogP contribution in [0.4, 0.5) is 0 Å². The third kappa shape index (κ3) is 0.555. The zero-order chi connectivity index (χ0) is 7.19. The van der Waals surface area contributed by atoms with E-state index in [1.54, 1.807) is 0 Å². The Morgan fingerprint density at radius 3 is 2.80 bits per heavy atom. The number of hydrogen-bond donors (Lipinski definition) is 2. The third-order valence-corrected chi connectivity index (χ3v) is 2.44. The second-order valence-corrected chi connectivity index (χ2v) is 3.07. The zero-order valence-corrected chi connectivity index (χ0v) is 5.58. The molecule has 3 N–H and O–H groups in total. The summed E-state index contributed by atoms with van der Waals surface area (Å²) in [5, 5.41) is 10.7. The Kier molecular flexibility index (Phi) is 0.951. The summed E-state index contributed by atoms with van der Waals surface area (Å²) in [7, 11) is 0. The van der Waals surface area contributed by atoms with Crippen molar-refractivity contribution in [3.8, 4) is 0 Å². The summed E-state index contributed by atoms with van der Waals surface area (Å²) in [5.74, 6) is -0.691. The molecular formula is C7H10NO2+. The maximum atomic E-state index is 10.7. The van der Waals surface area contributed by atoms with E-state index in [9.17, 15) is 4.79 Å². The van der Waals surface area contributed by atoms with E-state index in [0.717, 1.165) is 12.8 Å². The van der Waals surface area contributed by atoms with Crippen LogP contribution in [0.15, 0.2) is 12.2 Å². The van der Waals surface area contributed by atoms with Gasteiger partial charge >= 0.3 is 5.97 Å². The normalized spacial score (nSPS) is 42.6. The number of quaternary nitrogens is 1. The van der Waals surface area contributed by atoms with Crippen molar-refractivity contribution in [2.75, 3.05) is 0 Å². The largest absolute Gasteiger partial charge is 0.476 e. The average Bonchev–Trinajstić information content (AvgIpc) is 2.45. The lowest BCUT2D eigenvalue weighted by atomic mass is 9.94. The fourth-order valence-electron chi connectivity index (χ4n) is 1.79. The minimum Gasteiger partial charge on any atom is -0.476 e. The van der Waals surface area contributed by atoms with Gasteiger partial charge in [0.05, 0.1) is 0 Å². The van der Waals surface area contributed by atoms with Gasteiger partial charge in [0.25, 0.3) is 0 Å². The molecule has 0 saturated carbocycles. The molecule has 3 nitrogen and oxygen atoms in total. The van der Waals surface area contributed by atoms with E-state index in [4.69, 9.17) is 5.11 Å². The van der Waals surface area contributed by atoms with Gasteiger partial charge in [0.2, 0.25) is 5.54 Å². The van der Waals surface area contributed by atoms with Gasteiger partial charge in [-0.3, -0.25) is 0 Å². The van der Waals surface area contributed by atoms with Gasteiger partial charge < -0.3 is 10.4 Å². The van der Waals surface area contributed by atoms with Crippen LogP contribution in [0, 0.1) is 0 Å². The third-order valence-electron chi connectivity index (χ3n) is 2.44. The molecule has 2 unspecified atom stereocenters. The number of fused-ring (bicyclic) bond motifs is 2. The molecular weight excluding hydrogens is 130 g/mol. The van der Waals surface area contributed by atoms with Gasteiger partial charge in [-0.15, -0.1) is 0 Å². The van der Waals surface area contributed by atoms with Gasteiger partial charge in [-0.05, 0) is 12.2 Å². The summed E-state index contributed by atoms with van der Waals surface area (Å²) in [4.78, 5) is 10.7. The Morgan fingerprint density at radius 2 is 2.60 bits per heavy atom. The van der Waals surface area contributed by atoms with Crippen LogP contribution in [0.1, 0.15) is 12.8 Å². The number of hydrogen-bond acceptors (Lipinski definition) is 1. The van der Waals surface area contributed by atoms with Crippen LogP contribution in [0.3, 0.4) is 0 Å². The Morgan fingerprint density at radius 1 is 1.80 bits per heavy atom. The topological polar surface area (TPSA) is 53.9 Å². The number of carboxylic acids is 1. The Balaban J connectivity index is 2.32. The quantitative estimate of drug-likeness (QED) is 0.464. The highest BCUT2D eigenvalue weighted by Gasteiger charge is 2.50. The Bertz CT molecular complexity index is 212. The molecule has 54 valence electrons. The van der Waals surface area contributed by atoms with Gasteiger partial charge in [-0.25, -0.2) is 4.79 Å². The first-order valence-corrected chi connectivity index (χ1v) is 3.52. The number of rotatable bonds is 1. The highest BCUT2D eigenvalue weighted by Crippen LogP contribution is 2.24. The Labute approximate surface area is 58.7 Å². The first-order chi connectivity index (χ1) is 4.73. The molecule has 0 radical (unpaired) electrons. The van der Waals surface area contributed by atoms with E-state index in [-0.39, 0.29) is 0 Å². The molecule has 2 aliphatic rings. The smallest absolute Gasteiger partial charge is 0.369 e. The van der Waals surface area contributed by atoms with E-state index < -0.39 is 11.5 Å². The molecule has 3 heteroatoms. The summed E-state index contributed by atoms with van der Waals surface area (Å²) in [6, 6.07) is 0.441. The molecule has 2 aliphatic heterocycles. The molecule has 0 spiro atoms. The maximum absolute atomic E-state index is 10.7. The van der Waals surface area contributed by atoms with Crippen molar-refractivity contribution in [1.82, 2.24) is 0 Å². The highest BCUT2D eigenvalue weighted by molar-refractivity contribution is 5.80. The summed E-state index contributed by atoms with van der Waals surface area (Å²) < 4.78 is 0. The molecule has 2 rings (SSSR count). The minimum atomic E-state index is -0.691. The highest BCUT2D eigenvalue weighted by atomic mass is 16.4. The Hall–Kier alpha value is -0.830. The maximum Gasteiger partial charge on any atom is 0.369 e. The average molecular weight is 140 g/mol. The molecule has 10 heavy (non-hydrogen) atoms. The van der Waals surface area contributed by atoms with E-state index in [0.29, 0.717) is 6.04 Å². The zero-order valence-electron chi connectivity index (χ0n) is 5.58. The van der Waals surface area contributed by atoms with Crippen molar-refractivity contribution >= 4 is 5.97 Å². The van der Waals surface area contributed by atoms with Gasteiger partial charge in [0, 0.05) is 12.8 Å². The van der Waals surface area contributed by atoms with Crippen LogP contribution in [0.5, 0.6) is 0 Å². The predicted octanol–water partition coefficient (Wildman–Crippen LogP) is -0.895. The van der Waals surface area contributed by atoms with Crippen molar-refractivity contribution in [2.24, 2.45) is 0 Å². The van der Waals surface area contributed by atoms with E-state index >= 15 is 0 Å². The molecule has 0 aliphatic carbocycles. The molecule has 0 amide bonds. The first-order valence-electron chi connectivity index (χ1n) is 3.52. The standard InChI is InChI=1S/C7H9NO2/c9-6(10)7-3-1-5(8-7)2-4-7/h1,3,5,8H,2,4H2,(H,9,10)/p+1. The fourth-order valence-corrected chi connectivity index (χ4v) is 1.79. The molecule has 0 aromatic heterocycles. The van der Waals surface area contributed by atoms with Crippen molar-refractivity contribution in [1.29, 1.82) is 0 Å². The lowest BCUT2D eigenvalue weighted by Gasteiger charge is -2.12. The van der Waals surface area contributed by atoms with E-state index in [1.807, 2.05) is 17.5 Å². The van der Waals surface area contributed by atoms with Crippen LogP contribution in [-0.2, 0) is 4.79 Å². The van der Waals surface area contributed by atoms with Crippen LogP contribution < -0.4 is 5.32 Å². The number of aliphatic carboxylic acids is 1. The van der Waals surface area contributed by atoms with Crippen molar-refractivity contribution in [3.63, 3.8) is 0 Å². The first kappa shape index (κ1) is 5.92. The van der Waals surface area contributed by atoms with E-state index in [1.165, 1.54) is 0 Å². The summed E-state index contributed by atoms with van der Waals surface area (Å²) in [6.07, 6.45) is 5.63. The molecule has 1 saturated heterocycles. The van der Waals surface area contributed by atoms with Crippen LogP contribution >= 0.6 is 0 Å². The predicted molar refractivity (Wildman–Crippen MR) is 34.5 cm³/mol. The minimum absolute atomic E-state index is 0.441. The van der Waals surface area contributed by atoms with Crippen molar-refractivity contribution in [2.45, 2.75) is 24.4 Å². The summed E-state index contributed by atoms with van der Waals surface area (Å²) in [6.45, 7) is 0. The van der Waals surface area contributed by atoms with Gasteiger partial charge in [-0.1, -0.05) is 0 Å². The molecule has 0 aromatic carbocycles. The van der Waals surface area contributed by atoms with Crippen molar-refractivity contribution in [3.05, 3.63) is 12.2 Å². The summed E-state index contributed by atoms with van der Waals surface area (Å²) in [5.41, 5.74) is -0.579. The van der Waals surface area contributed by atoms with Crippen LogP contribution in [0.25, 0.3) is 0 Å². The lowest BCUT2D eigenvalue weighted by molar-refractivity contribution is -0.697. The molecule has 2 heterocycles. The number of nitrogens with two attached hydrogens (primary N) is 1. The SMILES string of the molecule is O=C(O)C12C=CC(CC1)[NH2+]2. The monoisotopic (exact) mass is 140 g/mol. The van der Waals surface area contributed by atoms with Gasteiger partial charge in [0.15, 0.2) is 0 Å². The number of carboxylic acid groups (broad SMARTS) is 1. The van der Waals surface area contributed by atoms with Crippen LogP contribution in [0.2, 0.25) is 0 Å². The molecule has 0 aromatic rings. The lowest BCUT2D eigenvalue weighted by Crippen LogP contribution is -2.96.